The maximum Gasteiger partial charge on any atom is 0.270 e. The number of amides is 1. The van der Waals surface area contributed by atoms with Gasteiger partial charge in [0.25, 0.3) is 5.91 Å². The Hall–Kier alpha value is -2.69. The largest absolute Gasteiger partial charge is 0.361 e. The Kier molecular flexibility index (Phi) is 4.22. The van der Waals surface area contributed by atoms with E-state index in [1.54, 1.807) is 30.5 Å². The number of hydrogen-bond donors (Lipinski definition) is 2. The standard InChI is InChI=1S/C20H20FN3O/c21-13-8-9-17-15(11-13)16(12-23-17)14-5-1-2-6-18(14)24-20(25)19-7-3-4-10-22-19/h3-4,7-12,14,18,23H,1-2,5-6H2,(H,24,25)/t14-,18+/m1/s1. The van der Waals surface area contributed by atoms with Gasteiger partial charge in [0.05, 0.1) is 0 Å². The number of carbonyl (C=O) groups is 1. The molecule has 4 rings (SSSR count). The second-order valence-electron chi connectivity index (χ2n) is 6.62. The quantitative estimate of drug-likeness (QED) is 0.754. The first-order chi connectivity index (χ1) is 12.2. The van der Waals surface area contributed by atoms with Crippen LogP contribution < -0.4 is 5.32 Å². The first-order valence-corrected chi connectivity index (χ1v) is 8.71. The number of pyridine rings is 1. The zero-order chi connectivity index (χ0) is 17.2. The van der Waals surface area contributed by atoms with E-state index in [1.165, 1.54) is 6.07 Å². The van der Waals surface area contributed by atoms with E-state index in [1.807, 2.05) is 12.3 Å². The highest BCUT2D eigenvalue weighted by molar-refractivity contribution is 5.92. The van der Waals surface area contributed by atoms with Gasteiger partial charge in [0.2, 0.25) is 0 Å². The number of aromatic amines is 1. The topological polar surface area (TPSA) is 57.8 Å². The van der Waals surface area contributed by atoms with Crippen molar-refractivity contribution in [2.24, 2.45) is 0 Å². The van der Waals surface area contributed by atoms with E-state index in [4.69, 9.17) is 0 Å². The molecule has 128 valence electrons. The van der Waals surface area contributed by atoms with E-state index in [0.717, 1.165) is 42.1 Å². The van der Waals surface area contributed by atoms with Gasteiger partial charge in [-0.05, 0) is 48.7 Å². The molecule has 0 spiro atoms. The Balaban J connectivity index is 1.62. The molecule has 25 heavy (non-hydrogen) atoms. The lowest BCUT2D eigenvalue weighted by molar-refractivity contribution is 0.0916. The molecule has 0 unspecified atom stereocenters. The summed E-state index contributed by atoms with van der Waals surface area (Å²) in [5.74, 6) is -0.210. The van der Waals surface area contributed by atoms with Gasteiger partial charge < -0.3 is 10.3 Å². The predicted octanol–water partition coefficient (Wildman–Crippen LogP) is 4.16. The van der Waals surface area contributed by atoms with Crippen LogP contribution in [0.5, 0.6) is 0 Å². The first-order valence-electron chi connectivity index (χ1n) is 8.71. The normalized spacial score (nSPS) is 20.5. The summed E-state index contributed by atoms with van der Waals surface area (Å²) in [5, 5.41) is 4.05. The monoisotopic (exact) mass is 337 g/mol. The molecule has 2 aromatic heterocycles. The van der Waals surface area contributed by atoms with Gasteiger partial charge in [-0.2, -0.15) is 0 Å². The molecule has 0 radical (unpaired) electrons. The van der Waals surface area contributed by atoms with Crippen molar-refractivity contribution in [2.45, 2.75) is 37.6 Å². The lowest BCUT2D eigenvalue weighted by Gasteiger charge is -2.32. The van der Waals surface area contributed by atoms with E-state index in [9.17, 15) is 9.18 Å². The molecule has 1 aliphatic carbocycles. The molecule has 1 aromatic carbocycles. The number of carbonyl (C=O) groups excluding carboxylic acids is 1. The molecule has 5 heteroatoms. The Morgan fingerprint density at radius 1 is 1.20 bits per heavy atom. The molecule has 4 nitrogen and oxygen atoms in total. The summed E-state index contributed by atoms with van der Waals surface area (Å²) >= 11 is 0. The molecule has 1 saturated carbocycles. The Labute approximate surface area is 145 Å². The number of nitrogens with one attached hydrogen (secondary N) is 2. The molecule has 1 fully saturated rings. The van der Waals surface area contributed by atoms with Gasteiger partial charge in [-0.3, -0.25) is 9.78 Å². The average molecular weight is 337 g/mol. The maximum absolute atomic E-state index is 13.7. The van der Waals surface area contributed by atoms with Crippen LogP contribution in [-0.4, -0.2) is 21.9 Å². The molecule has 2 heterocycles. The summed E-state index contributed by atoms with van der Waals surface area (Å²) in [7, 11) is 0. The third-order valence-electron chi connectivity index (χ3n) is 5.06. The Morgan fingerprint density at radius 3 is 2.92 bits per heavy atom. The fourth-order valence-electron chi connectivity index (χ4n) is 3.84. The molecule has 0 aliphatic heterocycles. The zero-order valence-electron chi connectivity index (χ0n) is 13.8. The second-order valence-corrected chi connectivity index (χ2v) is 6.62. The molecule has 2 N–H and O–H groups in total. The third kappa shape index (κ3) is 3.14. The minimum absolute atomic E-state index is 0.0329. The van der Waals surface area contributed by atoms with Gasteiger partial charge >= 0.3 is 0 Å². The van der Waals surface area contributed by atoms with Crippen LogP contribution >= 0.6 is 0 Å². The maximum atomic E-state index is 13.7. The van der Waals surface area contributed by atoms with Gasteiger partial charge in [-0.25, -0.2) is 4.39 Å². The van der Waals surface area contributed by atoms with Gasteiger partial charge in [-0.1, -0.05) is 18.9 Å². The van der Waals surface area contributed by atoms with Gasteiger partial charge in [-0.15, -0.1) is 0 Å². The SMILES string of the molecule is O=C(N[C@H]1CCCC[C@@H]1c1c[nH]c2ccc(F)cc12)c1ccccn1. The second kappa shape index (κ2) is 6.67. The highest BCUT2D eigenvalue weighted by atomic mass is 19.1. The van der Waals surface area contributed by atoms with Gasteiger partial charge in [0.1, 0.15) is 11.5 Å². The number of H-pyrrole nitrogens is 1. The van der Waals surface area contributed by atoms with E-state index in [-0.39, 0.29) is 23.7 Å². The van der Waals surface area contributed by atoms with Crippen molar-refractivity contribution in [1.29, 1.82) is 0 Å². The molecule has 0 saturated heterocycles. The molecular formula is C20H20FN3O. The van der Waals surface area contributed by atoms with E-state index in [2.05, 4.69) is 15.3 Å². The van der Waals surface area contributed by atoms with Gasteiger partial charge in [0, 0.05) is 35.3 Å². The summed E-state index contributed by atoms with van der Waals surface area (Å²) in [6.07, 6.45) is 7.68. The molecule has 0 bridgehead atoms. The Morgan fingerprint density at radius 2 is 2.08 bits per heavy atom. The van der Waals surface area contributed by atoms with Crippen molar-refractivity contribution in [3.63, 3.8) is 0 Å². The van der Waals surface area contributed by atoms with Crippen LogP contribution in [0, 0.1) is 5.82 Å². The van der Waals surface area contributed by atoms with Crippen LogP contribution in [0.4, 0.5) is 4.39 Å². The fourth-order valence-corrected chi connectivity index (χ4v) is 3.84. The highest BCUT2D eigenvalue weighted by Crippen LogP contribution is 2.37. The van der Waals surface area contributed by atoms with E-state index >= 15 is 0 Å². The number of fused-ring (bicyclic) bond motifs is 1. The fraction of sp³-hybridized carbons (Fsp3) is 0.300. The summed E-state index contributed by atoms with van der Waals surface area (Å²) in [5.41, 5.74) is 2.44. The van der Waals surface area contributed by atoms with Crippen LogP contribution in [0.15, 0.2) is 48.8 Å². The van der Waals surface area contributed by atoms with E-state index in [0.29, 0.717) is 5.69 Å². The van der Waals surface area contributed by atoms with Gasteiger partial charge in [0.15, 0.2) is 0 Å². The molecule has 3 aromatic rings. The van der Waals surface area contributed by atoms with Crippen molar-refractivity contribution in [3.05, 3.63) is 65.9 Å². The molecule has 2 atom stereocenters. The number of hydrogen-bond acceptors (Lipinski definition) is 2. The summed E-state index contributed by atoms with van der Waals surface area (Å²) in [4.78, 5) is 19.9. The average Bonchev–Trinajstić information content (AvgIpc) is 3.06. The molecular weight excluding hydrogens is 317 g/mol. The van der Waals surface area contributed by atoms with Crippen molar-refractivity contribution in [1.82, 2.24) is 15.3 Å². The third-order valence-corrected chi connectivity index (χ3v) is 5.06. The van der Waals surface area contributed by atoms with Crippen molar-refractivity contribution in [2.75, 3.05) is 0 Å². The molecule has 1 aliphatic rings. The lowest BCUT2D eigenvalue weighted by Crippen LogP contribution is -2.41. The number of nitrogens with zero attached hydrogens (tertiary/aromatic N) is 1. The zero-order valence-corrected chi connectivity index (χ0v) is 13.8. The molecule has 1 amide bonds. The van der Waals surface area contributed by atoms with Crippen molar-refractivity contribution < 1.29 is 9.18 Å². The van der Waals surface area contributed by atoms with Crippen LogP contribution in [-0.2, 0) is 0 Å². The lowest BCUT2D eigenvalue weighted by atomic mass is 9.79. The summed E-state index contributed by atoms with van der Waals surface area (Å²) in [6, 6.07) is 10.2. The number of benzene rings is 1. The minimum Gasteiger partial charge on any atom is -0.361 e. The van der Waals surface area contributed by atoms with Crippen LogP contribution in [0.2, 0.25) is 0 Å². The summed E-state index contributed by atoms with van der Waals surface area (Å²) < 4.78 is 13.7. The van der Waals surface area contributed by atoms with E-state index < -0.39 is 0 Å². The highest BCUT2D eigenvalue weighted by Gasteiger charge is 2.30. The Bertz CT molecular complexity index is 890. The van der Waals surface area contributed by atoms with Crippen molar-refractivity contribution >= 4 is 16.8 Å². The van der Waals surface area contributed by atoms with Crippen LogP contribution in [0.3, 0.4) is 0 Å². The number of halogens is 1. The first kappa shape index (κ1) is 15.8. The van der Waals surface area contributed by atoms with Crippen molar-refractivity contribution in [3.8, 4) is 0 Å². The number of rotatable bonds is 3. The summed E-state index contributed by atoms with van der Waals surface area (Å²) in [6.45, 7) is 0. The van der Waals surface area contributed by atoms with Crippen LogP contribution in [0.1, 0.15) is 47.7 Å². The smallest absolute Gasteiger partial charge is 0.270 e. The minimum atomic E-state index is -0.238. The number of aromatic nitrogens is 2. The van der Waals surface area contributed by atoms with Crippen LogP contribution in [0.25, 0.3) is 10.9 Å². The predicted molar refractivity (Wildman–Crippen MR) is 95.0 cm³/mol.